The average molecular weight is 344 g/mol. The number of carbonyl (C=O) groups excluding carboxylic acids is 1. The van der Waals surface area contributed by atoms with Gasteiger partial charge in [0.1, 0.15) is 11.5 Å². The predicted octanol–water partition coefficient (Wildman–Crippen LogP) is 3.30. The lowest BCUT2D eigenvalue weighted by Crippen LogP contribution is -3.10. The van der Waals surface area contributed by atoms with Gasteiger partial charge in [-0.1, -0.05) is 18.2 Å². The number of hydrogen-bond donors (Lipinski definition) is 2. The zero-order valence-corrected chi connectivity index (χ0v) is 15.5. The van der Waals surface area contributed by atoms with Crippen molar-refractivity contribution in [3.05, 3.63) is 51.9 Å². The van der Waals surface area contributed by atoms with E-state index in [9.17, 15) is 4.79 Å². The van der Waals surface area contributed by atoms with Crippen LogP contribution in [0, 0.1) is 0 Å². The third-order valence-corrected chi connectivity index (χ3v) is 6.22. The molecule has 1 amide bonds. The number of fused-ring (bicyclic) bond motifs is 1. The Bertz CT molecular complexity index is 689. The standard InChI is InChI=1S/C20H26N2OS/c1-3-22(4-2)14-17-16-12-8-9-13-18(16)24-20(17)21-19(23)15-10-6-5-7-11-15/h5-7,10-11H,3-4,8-9,12-14H2,1-2H3,(H,21,23)/p+1. The summed E-state index contributed by atoms with van der Waals surface area (Å²) in [4.78, 5) is 15.7. The molecule has 1 heterocycles. The number of anilines is 1. The van der Waals surface area contributed by atoms with E-state index in [0.717, 1.165) is 30.2 Å². The zero-order valence-electron chi connectivity index (χ0n) is 14.7. The molecule has 1 aromatic carbocycles. The first kappa shape index (κ1) is 17.2. The fourth-order valence-corrected chi connectivity index (χ4v) is 4.74. The second kappa shape index (κ2) is 7.95. The highest BCUT2D eigenvalue weighted by Crippen LogP contribution is 2.38. The van der Waals surface area contributed by atoms with Gasteiger partial charge in [0, 0.05) is 16.0 Å². The first-order valence-corrected chi connectivity index (χ1v) is 9.88. The van der Waals surface area contributed by atoms with Gasteiger partial charge in [-0.3, -0.25) is 4.79 Å². The molecule has 3 rings (SSSR count). The molecule has 24 heavy (non-hydrogen) atoms. The molecule has 2 aromatic rings. The maximum absolute atomic E-state index is 12.6. The van der Waals surface area contributed by atoms with Crippen molar-refractivity contribution in [2.24, 2.45) is 0 Å². The highest BCUT2D eigenvalue weighted by atomic mass is 32.1. The molecule has 0 unspecified atom stereocenters. The molecule has 0 radical (unpaired) electrons. The van der Waals surface area contributed by atoms with E-state index in [-0.39, 0.29) is 5.91 Å². The lowest BCUT2D eigenvalue weighted by Gasteiger charge is -2.18. The second-order valence-electron chi connectivity index (χ2n) is 6.47. The fraction of sp³-hybridized carbons (Fsp3) is 0.450. The van der Waals surface area contributed by atoms with E-state index in [0.29, 0.717) is 0 Å². The molecular weight excluding hydrogens is 316 g/mol. The monoisotopic (exact) mass is 343 g/mol. The van der Waals surface area contributed by atoms with Crippen molar-refractivity contribution < 1.29 is 9.69 Å². The maximum atomic E-state index is 12.6. The first-order valence-electron chi connectivity index (χ1n) is 9.06. The molecule has 0 fully saturated rings. The molecule has 1 aromatic heterocycles. The second-order valence-corrected chi connectivity index (χ2v) is 7.58. The molecule has 0 saturated carbocycles. The van der Waals surface area contributed by atoms with Crippen LogP contribution in [0.5, 0.6) is 0 Å². The summed E-state index contributed by atoms with van der Waals surface area (Å²) in [6, 6.07) is 9.51. The van der Waals surface area contributed by atoms with Crippen LogP contribution in [0.1, 0.15) is 53.1 Å². The Kier molecular flexibility index (Phi) is 5.69. The van der Waals surface area contributed by atoms with Crippen molar-refractivity contribution in [1.29, 1.82) is 0 Å². The lowest BCUT2D eigenvalue weighted by molar-refractivity contribution is -0.910. The summed E-state index contributed by atoms with van der Waals surface area (Å²) in [7, 11) is 0. The Labute approximate surface area is 148 Å². The van der Waals surface area contributed by atoms with Gasteiger partial charge in [-0.15, -0.1) is 11.3 Å². The number of rotatable bonds is 6. The Morgan fingerprint density at radius 1 is 1.12 bits per heavy atom. The Hall–Kier alpha value is -1.65. The minimum absolute atomic E-state index is 0.00462. The normalized spacial score (nSPS) is 13.8. The van der Waals surface area contributed by atoms with Crippen LogP contribution in [0.15, 0.2) is 30.3 Å². The van der Waals surface area contributed by atoms with Gasteiger partial charge in [-0.25, -0.2) is 0 Å². The van der Waals surface area contributed by atoms with Gasteiger partial charge in [0.05, 0.1) is 13.1 Å². The fourth-order valence-electron chi connectivity index (χ4n) is 3.43. The van der Waals surface area contributed by atoms with Crippen molar-refractivity contribution in [2.75, 3.05) is 18.4 Å². The van der Waals surface area contributed by atoms with E-state index >= 15 is 0 Å². The number of nitrogens with one attached hydrogen (secondary N) is 2. The zero-order chi connectivity index (χ0) is 16.9. The quantitative estimate of drug-likeness (QED) is 0.829. The van der Waals surface area contributed by atoms with Gasteiger partial charge in [0.15, 0.2) is 0 Å². The molecule has 0 bridgehead atoms. The van der Waals surface area contributed by atoms with Gasteiger partial charge in [-0.2, -0.15) is 0 Å². The molecule has 4 heteroatoms. The minimum atomic E-state index is 0.00462. The van der Waals surface area contributed by atoms with Crippen molar-refractivity contribution in [3.8, 4) is 0 Å². The highest BCUT2D eigenvalue weighted by molar-refractivity contribution is 7.16. The Morgan fingerprint density at radius 2 is 1.83 bits per heavy atom. The number of aryl methyl sites for hydroxylation is 1. The van der Waals surface area contributed by atoms with E-state index < -0.39 is 0 Å². The van der Waals surface area contributed by atoms with Gasteiger partial charge in [0.2, 0.25) is 0 Å². The Morgan fingerprint density at radius 3 is 2.54 bits per heavy atom. The summed E-state index contributed by atoms with van der Waals surface area (Å²) in [6.45, 7) is 7.73. The number of benzene rings is 1. The number of carbonyl (C=O) groups is 1. The van der Waals surface area contributed by atoms with E-state index in [1.165, 1.54) is 41.7 Å². The van der Waals surface area contributed by atoms with Gasteiger partial charge < -0.3 is 10.2 Å². The third kappa shape index (κ3) is 3.70. The number of quaternary nitrogens is 1. The average Bonchev–Trinajstić information content (AvgIpc) is 2.97. The summed E-state index contributed by atoms with van der Waals surface area (Å²) in [5.41, 5.74) is 3.64. The van der Waals surface area contributed by atoms with Gasteiger partial charge in [0.25, 0.3) is 5.91 Å². The summed E-state index contributed by atoms with van der Waals surface area (Å²) >= 11 is 1.80. The molecule has 0 atom stereocenters. The molecule has 128 valence electrons. The van der Waals surface area contributed by atoms with Crippen molar-refractivity contribution in [2.45, 2.75) is 46.1 Å². The van der Waals surface area contributed by atoms with Gasteiger partial charge >= 0.3 is 0 Å². The van der Waals surface area contributed by atoms with Crippen LogP contribution >= 0.6 is 11.3 Å². The van der Waals surface area contributed by atoms with Crippen molar-refractivity contribution in [3.63, 3.8) is 0 Å². The Balaban J connectivity index is 1.88. The third-order valence-electron chi connectivity index (χ3n) is 4.97. The molecule has 0 saturated heterocycles. The summed E-state index contributed by atoms with van der Waals surface area (Å²) in [6.07, 6.45) is 4.89. The largest absolute Gasteiger partial charge is 0.332 e. The molecule has 3 nitrogen and oxygen atoms in total. The number of amides is 1. The smallest absolute Gasteiger partial charge is 0.256 e. The van der Waals surface area contributed by atoms with E-state index in [2.05, 4.69) is 19.2 Å². The summed E-state index contributed by atoms with van der Waals surface area (Å²) in [5, 5.41) is 4.28. The molecular formula is C20H27N2OS+. The molecule has 1 aliphatic rings. The van der Waals surface area contributed by atoms with Crippen LogP contribution < -0.4 is 10.2 Å². The molecule has 2 N–H and O–H groups in total. The van der Waals surface area contributed by atoms with E-state index in [4.69, 9.17) is 0 Å². The maximum Gasteiger partial charge on any atom is 0.256 e. The summed E-state index contributed by atoms with van der Waals surface area (Å²) < 4.78 is 0. The SMILES string of the molecule is CC[NH+](CC)Cc1c(NC(=O)c2ccccc2)sc2c1CCCC2. The predicted molar refractivity (Wildman–Crippen MR) is 101 cm³/mol. The van der Waals surface area contributed by atoms with Crippen molar-refractivity contribution >= 4 is 22.2 Å². The number of thiophene rings is 1. The van der Waals surface area contributed by atoms with Gasteiger partial charge in [-0.05, 0) is 57.2 Å². The topological polar surface area (TPSA) is 33.5 Å². The van der Waals surface area contributed by atoms with Crippen LogP contribution in [0.3, 0.4) is 0 Å². The van der Waals surface area contributed by atoms with Crippen molar-refractivity contribution in [1.82, 2.24) is 0 Å². The lowest BCUT2D eigenvalue weighted by atomic mass is 9.95. The van der Waals surface area contributed by atoms with Crippen LogP contribution in [0.2, 0.25) is 0 Å². The van der Waals surface area contributed by atoms with Crippen LogP contribution in [0.25, 0.3) is 0 Å². The molecule has 1 aliphatic carbocycles. The van der Waals surface area contributed by atoms with E-state index in [1.54, 1.807) is 16.2 Å². The highest BCUT2D eigenvalue weighted by Gasteiger charge is 2.24. The summed E-state index contributed by atoms with van der Waals surface area (Å²) in [5.74, 6) is 0.00462. The first-order chi connectivity index (χ1) is 11.7. The molecule has 0 aliphatic heterocycles. The van der Waals surface area contributed by atoms with Crippen LogP contribution in [-0.2, 0) is 19.4 Å². The van der Waals surface area contributed by atoms with Crippen LogP contribution in [-0.4, -0.2) is 19.0 Å². The number of hydrogen-bond acceptors (Lipinski definition) is 2. The van der Waals surface area contributed by atoms with E-state index in [1.807, 2.05) is 30.3 Å². The van der Waals surface area contributed by atoms with Crippen LogP contribution in [0.4, 0.5) is 5.00 Å². The molecule has 0 spiro atoms. The minimum Gasteiger partial charge on any atom is -0.332 e.